The van der Waals surface area contributed by atoms with Gasteiger partial charge in [0.2, 0.25) is 0 Å². The average molecular weight is 174 g/mol. The average Bonchev–Trinajstić information content (AvgIpc) is 1.97. The van der Waals surface area contributed by atoms with Gasteiger partial charge in [-0.3, -0.25) is 4.84 Å². The number of rotatable bonds is 3. The van der Waals surface area contributed by atoms with Gasteiger partial charge in [0.05, 0.1) is 19.3 Å². The smallest absolute Gasteiger partial charge is 0.339 e. The molecule has 0 aliphatic heterocycles. The minimum absolute atomic E-state index is 0.00979. The maximum Gasteiger partial charge on any atom is 0.339 e. The molecule has 0 saturated heterocycles. The summed E-state index contributed by atoms with van der Waals surface area (Å²) < 4.78 is 0. The molecule has 70 valence electrons. The van der Waals surface area contributed by atoms with E-state index in [-0.39, 0.29) is 6.61 Å². The van der Waals surface area contributed by atoms with E-state index in [9.17, 15) is 4.79 Å². The van der Waals surface area contributed by atoms with E-state index < -0.39 is 11.6 Å². The van der Waals surface area contributed by atoms with Gasteiger partial charge in [0.15, 0.2) is 0 Å². The number of amides is 2. The van der Waals surface area contributed by atoms with Crippen molar-refractivity contribution in [3.05, 3.63) is 0 Å². The molecule has 0 aromatic heterocycles. The van der Waals surface area contributed by atoms with E-state index in [1.807, 2.05) is 0 Å². The van der Waals surface area contributed by atoms with Crippen LogP contribution in [0.25, 0.3) is 0 Å². The molecular formula is C7H14N2O3. The maximum absolute atomic E-state index is 11.0. The van der Waals surface area contributed by atoms with Crippen LogP contribution in [-0.2, 0) is 4.84 Å². The highest BCUT2D eigenvalue weighted by Gasteiger charge is 2.37. The van der Waals surface area contributed by atoms with E-state index >= 15 is 0 Å². The predicted octanol–water partition coefficient (Wildman–Crippen LogP) is -0.238. The summed E-state index contributed by atoms with van der Waals surface area (Å²) in [6, 6.07) is -0.397. The zero-order chi connectivity index (χ0) is 9.03. The van der Waals surface area contributed by atoms with E-state index in [1.54, 1.807) is 0 Å². The first-order valence-corrected chi connectivity index (χ1v) is 3.94. The van der Waals surface area contributed by atoms with Crippen LogP contribution in [0.2, 0.25) is 0 Å². The van der Waals surface area contributed by atoms with Crippen LogP contribution in [0.5, 0.6) is 0 Å². The van der Waals surface area contributed by atoms with Crippen molar-refractivity contribution in [2.75, 3.05) is 13.7 Å². The normalized spacial score (nSPS) is 19.5. The fourth-order valence-corrected chi connectivity index (χ4v) is 1.29. The minimum Gasteiger partial charge on any atom is -0.394 e. The molecule has 1 fully saturated rings. The highest BCUT2D eigenvalue weighted by molar-refractivity contribution is 5.73. The molecule has 0 aromatic carbocycles. The molecule has 1 aliphatic rings. The van der Waals surface area contributed by atoms with Crippen molar-refractivity contribution in [1.29, 1.82) is 0 Å². The molecule has 1 aliphatic carbocycles. The van der Waals surface area contributed by atoms with E-state index in [0.29, 0.717) is 0 Å². The van der Waals surface area contributed by atoms with Gasteiger partial charge in [-0.25, -0.2) is 10.3 Å². The molecule has 1 rings (SSSR count). The van der Waals surface area contributed by atoms with Crippen LogP contribution in [0.4, 0.5) is 4.79 Å². The lowest BCUT2D eigenvalue weighted by Gasteiger charge is -2.40. The van der Waals surface area contributed by atoms with Crippen LogP contribution in [0.1, 0.15) is 19.3 Å². The van der Waals surface area contributed by atoms with Crippen molar-refractivity contribution < 1.29 is 14.7 Å². The molecule has 0 radical (unpaired) electrons. The fourth-order valence-electron chi connectivity index (χ4n) is 1.29. The van der Waals surface area contributed by atoms with Crippen molar-refractivity contribution in [3.63, 3.8) is 0 Å². The third-order valence-electron chi connectivity index (χ3n) is 2.19. The van der Waals surface area contributed by atoms with E-state index in [2.05, 4.69) is 15.6 Å². The molecule has 0 aromatic rings. The van der Waals surface area contributed by atoms with Gasteiger partial charge in [-0.1, -0.05) is 0 Å². The van der Waals surface area contributed by atoms with Crippen LogP contribution >= 0.6 is 0 Å². The largest absolute Gasteiger partial charge is 0.394 e. The highest BCUT2D eigenvalue weighted by Crippen LogP contribution is 2.30. The molecule has 0 unspecified atom stereocenters. The van der Waals surface area contributed by atoms with Gasteiger partial charge in [0.25, 0.3) is 0 Å². The highest BCUT2D eigenvalue weighted by atomic mass is 16.6. The molecule has 2 amide bonds. The van der Waals surface area contributed by atoms with Gasteiger partial charge in [-0.2, -0.15) is 0 Å². The van der Waals surface area contributed by atoms with Crippen molar-refractivity contribution in [1.82, 2.24) is 10.8 Å². The summed E-state index contributed by atoms with van der Waals surface area (Å²) in [5.74, 6) is 0. The van der Waals surface area contributed by atoms with E-state index in [1.165, 1.54) is 7.11 Å². The van der Waals surface area contributed by atoms with Gasteiger partial charge in [-0.05, 0) is 19.3 Å². The second kappa shape index (κ2) is 3.73. The molecule has 0 heterocycles. The summed E-state index contributed by atoms with van der Waals surface area (Å²) in [5.41, 5.74) is 1.74. The van der Waals surface area contributed by atoms with Crippen molar-refractivity contribution in [2.24, 2.45) is 0 Å². The quantitative estimate of drug-likeness (QED) is 0.517. The summed E-state index contributed by atoms with van der Waals surface area (Å²) >= 11 is 0. The Hall–Kier alpha value is -0.810. The minimum atomic E-state index is -0.400. The molecule has 12 heavy (non-hydrogen) atoms. The number of carbonyl (C=O) groups is 1. The molecule has 0 spiro atoms. The first kappa shape index (κ1) is 9.28. The van der Waals surface area contributed by atoms with Crippen molar-refractivity contribution >= 4 is 6.03 Å². The second-order valence-corrected chi connectivity index (χ2v) is 3.05. The van der Waals surface area contributed by atoms with Gasteiger partial charge < -0.3 is 10.4 Å². The number of hydrogen-bond acceptors (Lipinski definition) is 3. The number of carbonyl (C=O) groups excluding carboxylic acids is 1. The van der Waals surface area contributed by atoms with Crippen LogP contribution in [0.15, 0.2) is 0 Å². The summed E-state index contributed by atoms with van der Waals surface area (Å²) in [6.07, 6.45) is 2.72. The first-order valence-electron chi connectivity index (χ1n) is 3.94. The number of hydroxylamine groups is 1. The third-order valence-corrected chi connectivity index (χ3v) is 2.19. The number of aliphatic hydroxyl groups excluding tert-OH is 1. The SMILES string of the molecule is CONC(=O)NC1(CO)CCC1. The predicted molar refractivity (Wildman–Crippen MR) is 42.3 cm³/mol. The number of hydrogen-bond donors (Lipinski definition) is 3. The Morgan fingerprint density at radius 2 is 2.33 bits per heavy atom. The Kier molecular flexibility index (Phi) is 2.88. The third kappa shape index (κ3) is 1.86. The van der Waals surface area contributed by atoms with Crippen LogP contribution in [-0.4, -0.2) is 30.4 Å². The van der Waals surface area contributed by atoms with Crippen molar-refractivity contribution in [3.8, 4) is 0 Å². The molecule has 1 saturated carbocycles. The van der Waals surface area contributed by atoms with Crippen molar-refractivity contribution in [2.45, 2.75) is 24.8 Å². The van der Waals surface area contributed by atoms with E-state index in [4.69, 9.17) is 5.11 Å². The molecular weight excluding hydrogens is 160 g/mol. The standard InChI is InChI=1S/C7H14N2O3/c1-12-9-6(11)8-7(5-10)3-2-4-7/h10H,2-5H2,1H3,(H2,8,9,11). The van der Waals surface area contributed by atoms with Gasteiger partial charge in [-0.15, -0.1) is 0 Å². The molecule has 3 N–H and O–H groups in total. The Morgan fingerprint density at radius 1 is 1.67 bits per heavy atom. The molecule has 5 heteroatoms. The number of nitrogens with one attached hydrogen (secondary N) is 2. The molecule has 0 bridgehead atoms. The number of urea groups is 1. The summed E-state index contributed by atoms with van der Waals surface area (Å²) in [5, 5.41) is 11.6. The zero-order valence-electron chi connectivity index (χ0n) is 7.09. The fraction of sp³-hybridized carbons (Fsp3) is 0.857. The van der Waals surface area contributed by atoms with Gasteiger partial charge >= 0.3 is 6.03 Å². The Morgan fingerprint density at radius 3 is 2.67 bits per heavy atom. The van der Waals surface area contributed by atoms with E-state index in [0.717, 1.165) is 19.3 Å². The van der Waals surface area contributed by atoms with Gasteiger partial charge in [0, 0.05) is 0 Å². The summed E-state index contributed by atoms with van der Waals surface area (Å²) in [7, 11) is 1.37. The lowest BCUT2D eigenvalue weighted by Crippen LogP contribution is -2.58. The van der Waals surface area contributed by atoms with Crippen LogP contribution < -0.4 is 10.8 Å². The summed E-state index contributed by atoms with van der Waals surface area (Å²) in [6.45, 7) is -0.00979. The van der Waals surface area contributed by atoms with Gasteiger partial charge in [0.1, 0.15) is 0 Å². The molecule has 5 nitrogen and oxygen atoms in total. The zero-order valence-corrected chi connectivity index (χ0v) is 7.09. The van der Waals surface area contributed by atoms with Crippen LogP contribution in [0, 0.1) is 0 Å². The molecule has 0 atom stereocenters. The lowest BCUT2D eigenvalue weighted by molar-refractivity contribution is 0.0700. The number of aliphatic hydroxyl groups is 1. The Balaban J connectivity index is 2.32. The maximum atomic E-state index is 11.0. The monoisotopic (exact) mass is 174 g/mol. The second-order valence-electron chi connectivity index (χ2n) is 3.05. The Labute approximate surface area is 71.0 Å². The lowest BCUT2D eigenvalue weighted by atomic mass is 9.77. The van der Waals surface area contributed by atoms with Crippen LogP contribution in [0.3, 0.4) is 0 Å². The summed E-state index contributed by atoms with van der Waals surface area (Å²) in [4.78, 5) is 15.4. The first-order chi connectivity index (χ1) is 5.72. The topological polar surface area (TPSA) is 70.6 Å². The Bertz CT molecular complexity index is 163.